The van der Waals surface area contributed by atoms with Gasteiger partial charge < -0.3 is 4.90 Å². The second-order valence-corrected chi connectivity index (χ2v) is 8.33. The second-order valence-electron chi connectivity index (χ2n) is 7.25. The SMILES string of the molecule is CCC(C)(C)c1ccc2c(c1)N(C)c1cc3ccccc3cc1S2. The Balaban J connectivity index is 1.85. The first-order chi connectivity index (χ1) is 11.5. The van der Waals surface area contributed by atoms with Crippen LogP contribution < -0.4 is 4.90 Å². The van der Waals surface area contributed by atoms with Gasteiger partial charge in [-0.25, -0.2) is 0 Å². The second kappa shape index (κ2) is 5.56. The van der Waals surface area contributed by atoms with Crippen molar-refractivity contribution in [3.8, 4) is 0 Å². The summed E-state index contributed by atoms with van der Waals surface area (Å²) in [4.78, 5) is 5.03. The summed E-state index contributed by atoms with van der Waals surface area (Å²) in [5.74, 6) is 0. The molecule has 0 N–H and O–H groups in total. The minimum Gasteiger partial charge on any atom is -0.343 e. The molecule has 1 nitrogen and oxygen atoms in total. The fraction of sp³-hybridized carbons (Fsp3) is 0.273. The Morgan fingerprint density at radius 2 is 1.54 bits per heavy atom. The van der Waals surface area contributed by atoms with E-state index in [1.807, 2.05) is 11.8 Å². The van der Waals surface area contributed by atoms with Crippen molar-refractivity contribution in [2.75, 3.05) is 11.9 Å². The molecule has 0 bridgehead atoms. The van der Waals surface area contributed by atoms with E-state index in [4.69, 9.17) is 0 Å². The first-order valence-electron chi connectivity index (χ1n) is 8.58. The van der Waals surface area contributed by atoms with Gasteiger partial charge in [-0.3, -0.25) is 0 Å². The maximum Gasteiger partial charge on any atom is 0.0556 e. The fourth-order valence-electron chi connectivity index (χ4n) is 3.29. The number of fused-ring (bicyclic) bond motifs is 3. The molecule has 0 saturated heterocycles. The van der Waals surface area contributed by atoms with Gasteiger partial charge >= 0.3 is 0 Å². The van der Waals surface area contributed by atoms with E-state index in [1.54, 1.807) is 0 Å². The Morgan fingerprint density at radius 1 is 0.875 bits per heavy atom. The van der Waals surface area contributed by atoms with E-state index in [-0.39, 0.29) is 5.41 Å². The lowest BCUT2D eigenvalue weighted by Gasteiger charge is -2.32. The van der Waals surface area contributed by atoms with Gasteiger partial charge in [-0.2, -0.15) is 0 Å². The summed E-state index contributed by atoms with van der Waals surface area (Å²) < 4.78 is 0. The van der Waals surface area contributed by atoms with Crippen molar-refractivity contribution < 1.29 is 0 Å². The normalized spacial score (nSPS) is 13.8. The molecule has 122 valence electrons. The molecule has 3 aromatic rings. The molecule has 0 spiro atoms. The van der Waals surface area contributed by atoms with Crippen LogP contribution in [-0.4, -0.2) is 7.05 Å². The third-order valence-electron chi connectivity index (χ3n) is 5.39. The van der Waals surface area contributed by atoms with Crippen LogP contribution in [0.1, 0.15) is 32.8 Å². The summed E-state index contributed by atoms with van der Waals surface area (Å²) in [6, 6.07) is 20.2. The number of anilines is 2. The van der Waals surface area contributed by atoms with E-state index in [0.717, 1.165) is 6.42 Å². The zero-order chi connectivity index (χ0) is 16.9. The monoisotopic (exact) mass is 333 g/mol. The standard InChI is InChI=1S/C22H23NS/c1-5-22(2,3)17-10-11-20-19(14-17)23(4)18-12-15-8-6-7-9-16(15)13-21(18)24-20/h6-14H,5H2,1-4H3. The van der Waals surface area contributed by atoms with E-state index in [1.165, 1.54) is 37.5 Å². The van der Waals surface area contributed by atoms with E-state index >= 15 is 0 Å². The van der Waals surface area contributed by atoms with Gasteiger partial charge in [0.25, 0.3) is 0 Å². The van der Waals surface area contributed by atoms with Crippen LogP contribution in [0.2, 0.25) is 0 Å². The van der Waals surface area contributed by atoms with Gasteiger partial charge in [-0.05, 0) is 52.4 Å². The Kier molecular flexibility index (Phi) is 3.61. The number of nitrogens with zero attached hydrogens (tertiary/aromatic N) is 1. The molecule has 1 heterocycles. The highest BCUT2D eigenvalue weighted by Crippen LogP contribution is 2.49. The molecule has 0 atom stereocenters. The minimum absolute atomic E-state index is 0.212. The molecule has 0 unspecified atom stereocenters. The van der Waals surface area contributed by atoms with Gasteiger partial charge in [0.15, 0.2) is 0 Å². The van der Waals surface area contributed by atoms with Gasteiger partial charge in [0, 0.05) is 16.8 Å². The van der Waals surface area contributed by atoms with Crippen molar-refractivity contribution in [3.63, 3.8) is 0 Å². The number of benzene rings is 3. The summed E-state index contributed by atoms with van der Waals surface area (Å²) in [6.07, 6.45) is 1.14. The molecule has 0 fully saturated rings. The average Bonchev–Trinajstić information content (AvgIpc) is 2.60. The lowest BCUT2D eigenvalue weighted by Crippen LogP contribution is -2.19. The molecule has 1 aliphatic heterocycles. The van der Waals surface area contributed by atoms with Crippen LogP contribution in [-0.2, 0) is 5.41 Å². The Hall–Kier alpha value is -1.93. The zero-order valence-corrected chi connectivity index (χ0v) is 15.6. The van der Waals surface area contributed by atoms with E-state index in [9.17, 15) is 0 Å². The Bertz CT molecular complexity index is 926. The molecular weight excluding hydrogens is 310 g/mol. The molecular formula is C22H23NS. The Labute approximate surface area is 148 Å². The van der Waals surface area contributed by atoms with E-state index in [0.29, 0.717) is 0 Å². The maximum absolute atomic E-state index is 2.38. The first-order valence-corrected chi connectivity index (χ1v) is 9.40. The zero-order valence-electron chi connectivity index (χ0n) is 14.8. The van der Waals surface area contributed by atoms with Crippen molar-refractivity contribution in [2.24, 2.45) is 0 Å². The summed E-state index contributed by atoms with van der Waals surface area (Å²) >= 11 is 1.89. The predicted octanol–water partition coefficient (Wildman–Crippen LogP) is 6.76. The highest BCUT2D eigenvalue weighted by molar-refractivity contribution is 7.99. The van der Waals surface area contributed by atoms with Gasteiger partial charge in [0.1, 0.15) is 0 Å². The summed E-state index contributed by atoms with van der Waals surface area (Å²) in [6.45, 7) is 6.91. The smallest absolute Gasteiger partial charge is 0.0556 e. The fourth-order valence-corrected chi connectivity index (χ4v) is 4.45. The molecule has 0 amide bonds. The third kappa shape index (κ3) is 2.41. The van der Waals surface area contributed by atoms with Crippen LogP contribution in [0.5, 0.6) is 0 Å². The van der Waals surface area contributed by atoms with Gasteiger partial charge in [-0.1, -0.05) is 62.9 Å². The van der Waals surface area contributed by atoms with Gasteiger partial charge in [0.05, 0.1) is 11.4 Å². The predicted molar refractivity (Wildman–Crippen MR) is 106 cm³/mol. The van der Waals surface area contributed by atoms with E-state index < -0.39 is 0 Å². The van der Waals surface area contributed by atoms with Gasteiger partial charge in [-0.15, -0.1) is 0 Å². The van der Waals surface area contributed by atoms with Crippen molar-refractivity contribution in [3.05, 3.63) is 60.2 Å². The van der Waals surface area contributed by atoms with Crippen LogP contribution in [0.3, 0.4) is 0 Å². The largest absolute Gasteiger partial charge is 0.343 e. The summed E-state index contributed by atoms with van der Waals surface area (Å²) in [5.41, 5.74) is 4.25. The number of hydrogen-bond donors (Lipinski definition) is 0. The van der Waals surface area contributed by atoms with Crippen LogP contribution in [0.4, 0.5) is 11.4 Å². The molecule has 0 saturated carbocycles. The summed E-state index contributed by atoms with van der Waals surface area (Å²) in [7, 11) is 2.19. The summed E-state index contributed by atoms with van der Waals surface area (Å²) in [5, 5.41) is 2.61. The quantitative estimate of drug-likeness (QED) is 0.509. The molecule has 0 aliphatic carbocycles. The highest BCUT2D eigenvalue weighted by atomic mass is 32.2. The lowest BCUT2D eigenvalue weighted by molar-refractivity contribution is 0.506. The first kappa shape index (κ1) is 15.6. The van der Waals surface area contributed by atoms with E-state index in [2.05, 4.69) is 87.3 Å². The number of hydrogen-bond acceptors (Lipinski definition) is 2. The molecule has 0 radical (unpaired) electrons. The third-order valence-corrected chi connectivity index (χ3v) is 6.51. The van der Waals surface area contributed by atoms with Crippen LogP contribution in [0.15, 0.2) is 64.4 Å². The Morgan fingerprint density at radius 3 is 2.25 bits per heavy atom. The lowest BCUT2D eigenvalue weighted by atomic mass is 9.82. The van der Waals surface area contributed by atoms with Crippen molar-refractivity contribution in [2.45, 2.75) is 42.4 Å². The topological polar surface area (TPSA) is 3.24 Å². The molecule has 2 heteroatoms. The van der Waals surface area contributed by atoms with Crippen LogP contribution in [0, 0.1) is 0 Å². The van der Waals surface area contributed by atoms with Crippen molar-refractivity contribution in [1.82, 2.24) is 0 Å². The van der Waals surface area contributed by atoms with Crippen molar-refractivity contribution in [1.29, 1.82) is 0 Å². The molecule has 4 rings (SSSR count). The molecule has 3 aromatic carbocycles. The molecule has 0 aromatic heterocycles. The molecule has 1 aliphatic rings. The average molecular weight is 334 g/mol. The van der Waals surface area contributed by atoms with Gasteiger partial charge in [0.2, 0.25) is 0 Å². The highest BCUT2D eigenvalue weighted by Gasteiger charge is 2.25. The maximum atomic E-state index is 2.38. The van der Waals surface area contributed by atoms with Crippen molar-refractivity contribution >= 4 is 33.9 Å². The molecule has 24 heavy (non-hydrogen) atoms. The minimum atomic E-state index is 0.212. The number of rotatable bonds is 2. The van der Waals surface area contributed by atoms with Crippen LogP contribution in [0.25, 0.3) is 10.8 Å². The van der Waals surface area contributed by atoms with Crippen LogP contribution >= 0.6 is 11.8 Å².